The van der Waals surface area contributed by atoms with Gasteiger partial charge in [0.15, 0.2) is 5.13 Å². The lowest BCUT2D eigenvalue weighted by Gasteiger charge is -2.48. The van der Waals surface area contributed by atoms with Crippen LogP contribution in [0.3, 0.4) is 0 Å². The summed E-state index contributed by atoms with van der Waals surface area (Å²) in [5.74, 6) is 0.957. The predicted octanol–water partition coefficient (Wildman–Crippen LogP) is -0.200. The molecule has 1 fully saturated rings. The molecule has 2 atom stereocenters. The molecule has 2 amide bonds. The molecule has 3 heterocycles. The van der Waals surface area contributed by atoms with Crippen molar-refractivity contribution in [3.8, 4) is 12.3 Å². The van der Waals surface area contributed by atoms with Crippen molar-refractivity contribution in [3.63, 3.8) is 0 Å². The lowest BCUT2D eigenvalue weighted by molar-refractivity contribution is -0.148. The number of ether oxygens (including phenoxy) is 1. The number of carbonyl (C=O) groups excluding carboxylic acids is 2. The van der Waals surface area contributed by atoms with Gasteiger partial charge in [0.05, 0.1) is 5.57 Å². The zero-order valence-corrected chi connectivity index (χ0v) is 16.5. The van der Waals surface area contributed by atoms with Crippen molar-refractivity contribution >= 4 is 52.1 Å². The van der Waals surface area contributed by atoms with Gasteiger partial charge in [-0.15, -0.1) is 18.2 Å². The summed E-state index contributed by atoms with van der Waals surface area (Å²) in [7, 11) is 0. The molecule has 0 aliphatic carbocycles. The number of nitrogens with two attached hydrogens (primary N) is 1. The van der Waals surface area contributed by atoms with E-state index in [4.69, 9.17) is 22.1 Å². The van der Waals surface area contributed by atoms with Gasteiger partial charge in [-0.1, -0.05) is 11.1 Å². The lowest BCUT2D eigenvalue weighted by atomic mass is 10.1. The maximum atomic E-state index is 12.7. The van der Waals surface area contributed by atoms with Crippen molar-refractivity contribution in [2.24, 2.45) is 5.16 Å². The summed E-state index contributed by atoms with van der Waals surface area (Å²) in [6.07, 6.45) is 3.76. The van der Waals surface area contributed by atoms with Crippen molar-refractivity contribution < 1.29 is 29.1 Å². The van der Waals surface area contributed by atoms with Gasteiger partial charge in [0.2, 0.25) is 17.4 Å². The van der Waals surface area contributed by atoms with Crippen LogP contribution in [0.1, 0.15) is 12.7 Å². The van der Waals surface area contributed by atoms with E-state index in [0.717, 1.165) is 16.4 Å². The Bertz CT molecular complexity index is 967. The van der Waals surface area contributed by atoms with Crippen molar-refractivity contribution in [2.75, 3.05) is 18.1 Å². The highest BCUT2D eigenvalue weighted by Crippen LogP contribution is 2.40. The minimum atomic E-state index is -1.60. The van der Waals surface area contributed by atoms with Crippen LogP contribution in [-0.2, 0) is 19.2 Å². The number of fused-ring (bicyclic) bond motifs is 1. The van der Waals surface area contributed by atoms with Crippen molar-refractivity contribution in [1.82, 2.24) is 19.6 Å². The molecule has 1 aromatic rings. The number of rotatable bonds is 6. The van der Waals surface area contributed by atoms with E-state index in [0.29, 0.717) is 0 Å². The molecule has 12 nitrogen and oxygen atoms in total. The molecule has 152 valence electrons. The number of carbonyl (C=O) groups is 3. The van der Waals surface area contributed by atoms with Crippen LogP contribution < -0.4 is 11.1 Å². The zero-order valence-electron chi connectivity index (χ0n) is 14.8. The van der Waals surface area contributed by atoms with Gasteiger partial charge in [-0.3, -0.25) is 14.5 Å². The molecule has 2 aliphatic heterocycles. The summed E-state index contributed by atoms with van der Waals surface area (Å²) in [4.78, 5) is 46.1. The number of oxime groups is 1. The number of terminal acetylenes is 1. The van der Waals surface area contributed by atoms with Crippen LogP contribution in [0.4, 0.5) is 9.93 Å². The quantitative estimate of drug-likeness (QED) is 0.178. The Hall–Kier alpha value is -3.31. The minimum Gasteiger partial charge on any atom is -0.449 e. The SMILES string of the molecule is C#CC1=C(OC(=O)O)N2C(=O)C(NC(=O)C(=NOCC)c3nsc(N)n3)[C@@H]2SC1. The normalized spacial score (nSPS) is 21.0. The fraction of sp³-hybridized carbons (Fsp3) is 0.333. The number of anilines is 1. The van der Waals surface area contributed by atoms with Crippen LogP contribution in [-0.4, -0.2) is 66.8 Å². The number of nitrogens with one attached hydrogen (secondary N) is 1. The molecule has 4 N–H and O–H groups in total. The van der Waals surface area contributed by atoms with Gasteiger partial charge in [-0.2, -0.15) is 9.36 Å². The smallest absolute Gasteiger partial charge is 0.449 e. The van der Waals surface area contributed by atoms with Crippen molar-refractivity contribution in [1.29, 1.82) is 0 Å². The molecule has 0 aromatic carbocycles. The van der Waals surface area contributed by atoms with Gasteiger partial charge in [-0.05, 0) is 6.92 Å². The molecule has 1 unspecified atom stereocenters. The Labute approximate surface area is 172 Å². The van der Waals surface area contributed by atoms with Crippen molar-refractivity contribution in [3.05, 3.63) is 17.3 Å². The first kappa shape index (κ1) is 20.4. The van der Waals surface area contributed by atoms with E-state index < -0.39 is 29.4 Å². The minimum absolute atomic E-state index is 0.0391. The summed E-state index contributed by atoms with van der Waals surface area (Å²) in [6.45, 7) is 1.87. The number of carboxylic acid groups (broad SMARTS) is 1. The van der Waals surface area contributed by atoms with Crippen LogP contribution in [0.25, 0.3) is 0 Å². The molecule has 1 saturated heterocycles. The Morgan fingerprint density at radius 2 is 2.31 bits per heavy atom. The van der Waals surface area contributed by atoms with E-state index in [9.17, 15) is 14.4 Å². The van der Waals surface area contributed by atoms with Crippen LogP contribution in [0.5, 0.6) is 0 Å². The lowest BCUT2D eigenvalue weighted by Crippen LogP contribution is -2.70. The third-order valence-corrected chi connectivity index (χ3v) is 5.54. The van der Waals surface area contributed by atoms with Gasteiger partial charge in [0.25, 0.3) is 11.8 Å². The van der Waals surface area contributed by atoms with E-state index in [1.165, 1.54) is 11.8 Å². The monoisotopic (exact) mass is 438 g/mol. The first-order valence-corrected chi connectivity index (χ1v) is 9.85. The molecule has 3 rings (SSSR count). The molecule has 14 heteroatoms. The maximum absolute atomic E-state index is 12.7. The van der Waals surface area contributed by atoms with E-state index >= 15 is 0 Å². The fourth-order valence-corrected chi connectivity index (χ4v) is 4.21. The number of hydrogen-bond acceptors (Lipinski definition) is 11. The molecule has 0 bridgehead atoms. The van der Waals surface area contributed by atoms with Gasteiger partial charge in [-0.25, -0.2) is 4.79 Å². The summed E-state index contributed by atoms with van der Waals surface area (Å²) in [5, 5.41) is 14.7. The molecular formula is C15H14N6O6S2. The number of hydrogen-bond donors (Lipinski definition) is 3. The van der Waals surface area contributed by atoms with Gasteiger partial charge >= 0.3 is 6.16 Å². The Balaban J connectivity index is 1.79. The summed E-state index contributed by atoms with van der Waals surface area (Å²) in [6, 6.07) is -0.956. The Morgan fingerprint density at radius 3 is 2.90 bits per heavy atom. The topological polar surface area (TPSA) is 169 Å². The first-order valence-electron chi connectivity index (χ1n) is 8.03. The second-order valence-corrected chi connectivity index (χ2v) is 7.36. The van der Waals surface area contributed by atoms with Crippen LogP contribution >= 0.6 is 23.3 Å². The van der Waals surface area contributed by atoms with E-state index in [1.807, 2.05) is 0 Å². The van der Waals surface area contributed by atoms with E-state index in [-0.39, 0.29) is 40.5 Å². The molecule has 0 spiro atoms. The summed E-state index contributed by atoms with van der Waals surface area (Å²) >= 11 is 2.13. The number of β-lactam (4-membered cyclic amide) rings is 1. The standard InChI is InChI=1S/C15H14N6O6S2/c1-3-6-5-28-13-8(11(23)21(13)12(6)27-15(24)25)17-10(22)7(19-26-4-2)9-18-14(16)29-20-9/h1,8,13H,4-5H2,2H3,(H,17,22)(H,24,25)(H2,16,18,20)/t8?,13-/m0/s1. The zero-order chi connectivity index (χ0) is 21.1. The number of nitrogens with zero attached hydrogens (tertiary/aromatic N) is 4. The average molecular weight is 438 g/mol. The summed E-state index contributed by atoms with van der Waals surface area (Å²) in [5.41, 5.74) is 5.53. The highest BCUT2D eigenvalue weighted by molar-refractivity contribution is 8.00. The van der Waals surface area contributed by atoms with Gasteiger partial charge in [0.1, 0.15) is 18.0 Å². The third kappa shape index (κ3) is 3.96. The van der Waals surface area contributed by atoms with Gasteiger partial charge < -0.3 is 25.7 Å². The number of amides is 2. The van der Waals surface area contributed by atoms with Crippen LogP contribution in [0.15, 0.2) is 16.6 Å². The fourth-order valence-electron chi connectivity index (χ4n) is 2.51. The largest absolute Gasteiger partial charge is 0.512 e. The van der Waals surface area contributed by atoms with Crippen molar-refractivity contribution in [2.45, 2.75) is 18.3 Å². The van der Waals surface area contributed by atoms with Gasteiger partial charge in [0, 0.05) is 17.3 Å². The number of nitrogen functional groups attached to an aromatic ring is 1. The highest BCUT2D eigenvalue weighted by atomic mass is 32.2. The third-order valence-electron chi connectivity index (χ3n) is 3.72. The van der Waals surface area contributed by atoms with Crippen LogP contribution in [0.2, 0.25) is 0 Å². The molecule has 0 saturated carbocycles. The van der Waals surface area contributed by atoms with Crippen LogP contribution in [0, 0.1) is 12.3 Å². The Kier molecular flexibility index (Phi) is 5.89. The maximum Gasteiger partial charge on any atom is 0.512 e. The molecule has 29 heavy (non-hydrogen) atoms. The Morgan fingerprint density at radius 1 is 1.55 bits per heavy atom. The second-order valence-electron chi connectivity index (χ2n) is 5.47. The predicted molar refractivity (Wildman–Crippen MR) is 102 cm³/mol. The summed E-state index contributed by atoms with van der Waals surface area (Å²) < 4.78 is 8.61. The second kappa shape index (κ2) is 8.37. The number of aromatic nitrogens is 2. The first-order chi connectivity index (χ1) is 13.9. The molecular weight excluding hydrogens is 424 g/mol. The van der Waals surface area contributed by atoms with E-state index in [1.54, 1.807) is 6.92 Å². The average Bonchev–Trinajstić information content (AvgIpc) is 3.11. The molecule has 2 aliphatic rings. The van der Waals surface area contributed by atoms with E-state index in [2.05, 4.69) is 30.5 Å². The molecule has 1 aromatic heterocycles. The number of thioether (sulfide) groups is 1. The highest BCUT2D eigenvalue weighted by Gasteiger charge is 2.54. The molecule has 0 radical (unpaired) electrons.